The van der Waals surface area contributed by atoms with Crippen molar-refractivity contribution >= 4 is 45.0 Å². The maximum Gasteiger partial charge on any atom is 0.262 e. The number of nitrogens with one attached hydrogen (secondary N) is 1. The molecule has 0 radical (unpaired) electrons. The molecule has 0 bridgehead atoms. The lowest BCUT2D eigenvalue weighted by atomic mass is 10.1. The Morgan fingerprint density at radius 2 is 1.96 bits per heavy atom. The van der Waals surface area contributed by atoms with E-state index in [9.17, 15) is 14.4 Å². The van der Waals surface area contributed by atoms with Crippen LogP contribution in [0.15, 0.2) is 52.4 Å². The van der Waals surface area contributed by atoms with E-state index in [4.69, 9.17) is 0 Å². The van der Waals surface area contributed by atoms with Crippen LogP contribution in [0.2, 0.25) is 0 Å². The molecule has 0 atom stereocenters. The van der Waals surface area contributed by atoms with Crippen LogP contribution in [0.5, 0.6) is 0 Å². The number of benzene rings is 1. The molecule has 0 saturated heterocycles. The first kappa shape index (κ1) is 18.5. The van der Waals surface area contributed by atoms with E-state index in [0.29, 0.717) is 21.3 Å². The summed E-state index contributed by atoms with van der Waals surface area (Å²) in [5.74, 6) is -1.36. The molecule has 9 heteroatoms. The van der Waals surface area contributed by atoms with E-state index in [2.05, 4.69) is 31.2 Å². The van der Waals surface area contributed by atoms with Gasteiger partial charge < -0.3 is 5.32 Å². The van der Waals surface area contributed by atoms with Crippen molar-refractivity contribution in [1.82, 2.24) is 20.2 Å². The van der Waals surface area contributed by atoms with E-state index in [0.717, 1.165) is 15.6 Å². The molecule has 1 aliphatic rings. The molecule has 3 heterocycles. The zero-order valence-corrected chi connectivity index (χ0v) is 16.8. The minimum atomic E-state index is -0.470. The third kappa shape index (κ3) is 3.58. The molecule has 3 aromatic rings. The number of fused-ring (bicyclic) bond motifs is 1. The van der Waals surface area contributed by atoms with Crippen molar-refractivity contribution in [1.29, 1.82) is 0 Å². The maximum atomic E-state index is 12.4. The van der Waals surface area contributed by atoms with Gasteiger partial charge in [-0.2, -0.15) is 0 Å². The monoisotopic (exact) mass is 456 g/mol. The van der Waals surface area contributed by atoms with Crippen LogP contribution in [0.25, 0.3) is 10.7 Å². The molecule has 28 heavy (non-hydrogen) atoms. The number of carbonyl (C=O) groups excluding carboxylic acids is 3. The molecule has 0 saturated carbocycles. The number of aromatic nitrogens is 2. The number of pyridine rings is 1. The van der Waals surface area contributed by atoms with E-state index in [1.54, 1.807) is 24.4 Å². The highest BCUT2D eigenvalue weighted by Gasteiger charge is 2.36. The van der Waals surface area contributed by atoms with Crippen molar-refractivity contribution in [2.24, 2.45) is 0 Å². The maximum absolute atomic E-state index is 12.4. The average molecular weight is 457 g/mol. The fourth-order valence-electron chi connectivity index (χ4n) is 2.79. The lowest BCUT2D eigenvalue weighted by molar-refractivity contribution is -0.121. The average Bonchev–Trinajstić information content (AvgIpc) is 3.27. The Balaban J connectivity index is 1.37. The van der Waals surface area contributed by atoms with Gasteiger partial charge in [0.2, 0.25) is 5.91 Å². The van der Waals surface area contributed by atoms with Gasteiger partial charge in [-0.25, -0.2) is 4.98 Å². The van der Waals surface area contributed by atoms with Crippen LogP contribution in [0, 0.1) is 0 Å². The van der Waals surface area contributed by atoms with Crippen LogP contribution in [0.1, 0.15) is 26.4 Å². The quantitative estimate of drug-likeness (QED) is 0.595. The molecule has 4 rings (SSSR count). The first-order chi connectivity index (χ1) is 13.5. The Bertz CT molecular complexity index is 1080. The SMILES string of the molecule is O=C(CN1C(=O)c2ccc(Br)cc2C1=O)NCc1csc(-c2ccccn2)n1. The fraction of sp³-hybridized carbons (Fsp3) is 0.105. The molecule has 140 valence electrons. The number of imide groups is 1. The molecule has 0 fully saturated rings. The zero-order chi connectivity index (χ0) is 19.7. The number of halogens is 1. The summed E-state index contributed by atoms with van der Waals surface area (Å²) in [6.45, 7) is -0.127. The third-order valence-corrected chi connectivity index (χ3v) is 5.54. The van der Waals surface area contributed by atoms with Crippen molar-refractivity contribution in [2.45, 2.75) is 6.54 Å². The highest BCUT2D eigenvalue weighted by atomic mass is 79.9. The van der Waals surface area contributed by atoms with Gasteiger partial charge in [0.1, 0.15) is 11.6 Å². The van der Waals surface area contributed by atoms with E-state index in [1.165, 1.54) is 11.3 Å². The normalized spacial score (nSPS) is 13.0. The minimum Gasteiger partial charge on any atom is -0.349 e. The Morgan fingerprint density at radius 1 is 1.14 bits per heavy atom. The fourth-order valence-corrected chi connectivity index (χ4v) is 3.95. The summed E-state index contributed by atoms with van der Waals surface area (Å²) < 4.78 is 0.700. The van der Waals surface area contributed by atoms with Gasteiger partial charge in [0.05, 0.1) is 29.1 Å². The van der Waals surface area contributed by atoms with Crippen molar-refractivity contribution in [3.63, 3.8) is 0 Å². The van der Waals surface area contributed by atoms with Crippen LogP contribution >= 0.6 is 27.3 Å². The molecule has 0 spiro atoms. The first-order valence-electron chi connectivity index (χ1n) is 8.31. The second kappa shape index (κ2) is 7.61. The Morgan fingerprint density at radius 3 is 2.75 bits per heavy atom. The van der Waals surface area contributed by atoms with Crippen molar-refractivity contribution in [3.8, 4) is 10.7 Å². The molecule has 3 amide bonds. The van der Waals surface area contributed by atoms with Gasteiger partial charge in [-0.3, -0.25) is 24.3 Å². The lowest BCUT2D eigenvalue weighted by Gasteiger charge is -2.13. The zero-order valence-electron chi connectivity index (χ0n) is 14.4. The second-order valence-corrected chi connectivity index (χ2v) is 7.80. The number of thiazole rings is 1. The number of carbonyl (C=O) groups is 3. The number of rotatable bonds is 5. The van der Waals surface area contributed by atoms with Crippen molar-refractivity contribution in [2.75, 3.05) is 6.54 Å². The molecule has 0 unspecified atom stereocenters. The highest BCUT2D eigenvalue weighted by molar-refractivity contribution is 9.10. The molecular formula is C19H13BrN4O3S. The smallest absolute Gasteiger partial charge is 0.262 e. The van der Waals surface area contributed by atoms with E-state index in [1.807, 2.05) is 23.6 Å². The Labute approximate surface area is 172 Å². The van der Waals surface area contributed by atoms with E-state index < -0.39 is 17.7 Å². The Hall–Kier alpha value is -2.91. The standard InChI is InChI=1S/C19H13BrN4O3S/c20-11-4-5-13-14(7-11)19(27)24(18(13)26)9-16(25)22-8-12-10-28-17(23-12)15-3-1-2-6-21-15/h1-7,10H,8-9H2,(H,22,25). The van der Waals surface area contributed by atoms with Crippen LogP contribution < -0.4 is 5.32 Å². The molecule has 2 aromatic heterocycles. The van der Waals surface area contributed by atoms with E-state index >= 15 is 0 Å². The molecule has 1 N–H and O–H groups in total. The second-order valence-electron chi connectivity index (χ2n) is 6.02. The van der Waals surface area contributed by atoms with Gasteiger partial charge in [-0.15, -0.1) is 11.3 Å². The molecule has 1 aromatic carbocycles. The summed E-state index contributed by atoms with van der Waals surface area (Å²) in [6.07, 6.45) is 1.69. The van der Waals surface area contributed by atoms with Crippen LogP contribution in [-0.4, -0.2) is 39.1 Å². The summed E-state index contributed by atoms with van der Waals surface area (Å²) in [6, 6.07) is 10.4. The van der Waals surface area contributed by atoms with Gasteiger partial charge >= 0.3 is 0 Å². The number of hydrogen-bond donors (Lipinski definition) is 1. The third-order valence-electron chi connectivity index (χ3n) is 4.14. The predicted molar refractivity (Wildman–Crippen MR) is 107 cm³/mol. The van der Waals surface area contributed by atoms with Gasteiger partial charge in [-0.1, -0.05) is 22.0 Å². The predicted octanol–water partition coefficient (Wildman–Crippen LogP) is 2.88. The Kier molecular flexibility index (Phi) is 5.01. The van der Waals surface area contributed by atoms with Crippen LogP contribution in [0.3, 0.4) is 0 Å². The van der Waals surface area contributed by atoms with Crippen LogP contribution in [0.4, 0.5) is 0 Å². The molecular weight excluding hydrogens is 444 g/mol. The molecule has 1 aliphatic heterocycles. The van der Waals surface area contributed by atoms with E-state index in [-0.39, 0.29) is 13.1 Å². The van der Waals surface area contributed by atoms with Crippen molar-refractivity contribution < 1.29 is 14.4 Å². The summed E-state index contributed by atoms with van der Waals surface area (Å²) in [4.78, 5) is 46.7. The lowest BCUT2D eigenvalue weighted by Crippen LogP contribution is -2.40. The molecule has 0 aliphatic carbocycles. The van der Waals surface area contributed by atoms with Gasteiger partial charge in [0.15, 0.2) is 0 Å². The number of hydrogen-bond acceptors (Lipinski definition) is 6. The van der Waals surface area contributed by atoms with Gasteiger partial charge in [0.25, 0.3) is 11.8 Å². The minimum absolute atomic E-state index is 0.205. The summed E-state index contributed by atoms with van der Waals surface area (Å²) in [5.41, 5.74) is 2.06. The van der Waals surface area contributed by atoms with Gasteiger partial charge in [0, 0.05) is 16.0 Å². The van der Waals surface area contributed by atoms with Gasteiger partial charge in [-0.05, 0) is 30.3 Å². The number of amides is 3. The highest BCUT2D eigenvalue weighted by Crippen LogP contribution is 2.26. The van der Waals surface area contributed by atoms with Crippen LogP contribution in [-0.2, 0) is 11.3 Å². The van der Waals surface area contributed by atoms with Crippen molar-refractivity contribution in [3.05, 3.63) is 69.3 Å². The topological polar surface area (TPSA) is 92.3 Å². The largest absolute Gasteiger partial charge is 0.349 e. The summed E-state index contributed by atoms with van der Waals surface area (Å²) in [5, 5.41) is 5.30. The molecule has 7 nitrogen and oxygen atoms in total. The number of nitrogens with zero attached hydrogens (tertiary/aromatic N) is 3. The summed E-state index contributed by atoms with van der Waals surface area (Å²) in [7, 11) is 0. The first-order valence-corrected chi connectivity index (χ1v) is 9.98. The summed E-state index contributed by atoms with van der Waals surface area (Å²) >= 11 is 4.71.